The molecule has 1 saturated carbocycles. The molecule has 1 N–H and O–H groups in total. The van der Waals surface area contributed by atoms with Gasteiger partial charge in [-0.2, -0.15) is 0 Å². The third-order valence-corrected chi connectivity index (χ3v) is 4.06. The van der Waals surface area contributed by atoms with Gasteiger partial charge in [-0.3, -0.25) is 4.79 Å². The minimum atomic E-state index is -0.770. The number of aromatic nitrogens is 4. The summed E-state index contributed by atoms with van der Waals surface area (Å²) >= 11 is 0. The molecule has 0 bridgehead atoms. The van der Waals surface area contributed by atoms with Crippen molar-refractivity contribution in [2.75, 3.05) is 0 Å². The van der Waals surface area contributed by atoms with E-state index in [0.29, 0.717) is 25.2 Å². The second-order valence-electron chi connectivity index (χ2n) is 5.21. The number of carboxylic acid groups (broad SMARTS) is 1. The maximum Gasteiger partial charge on any atom is 0.311 e. The lowest BCUT2D eigenvalue weighted by atomic mass is 9.69. The quantitative estimate of drug-likeness (QED) is 0.894. The van der Waals surface area contributed by atoms with Crippen molar-refractivity contribution < 1.29 is 14.3 Å². The molecule has 20 heavy (non-hydrogen) atoms. The van der Waals surface area contributed by atoms with Crippen LogP contribution in [0.2, 0.25) is 0 Å². The largest absolute Gasteiger partial charge is 0.481 e. The van der Waals surface area contributed by atoms with Gasteiger partial charge in [-0.05, 0) is 29.3 Å². The molecule has 7 heteroatoms. The van der Waals surface area contributed by atoms with E-state index in [0.717, 1.165) is 24.2 Å². The van der Waals surface area contributed by atoms with E-state index in [9.17, 15) is 9.90 Å². The molecule has 0 unspecified atom stereocenters. The lowest BCUT2D eigenvalue weighted by Gasteiger charge is -2.37. The highest BCUT2D eigenvalue weighted by Gasteiger charge is 2.45. The van der Waals surface area contributed by atoms with Gasteiger partial charge in [0.15, 0.2) is 5.82 Å². The molecule has 2 aromatic heterocycles. The number of rotatable bonds is 5. The molecule has 1 aliphatic rings. The summed E-state index contributed by atoms with van der Waals surface area (Å²) in [5.74, 6) is 0.607. The maximum absolute atomic E-state index is 11.5. The molecule has 0 saturated heterocycles. The van der Waals surface area contributed by atoms with Gasteiger partial charge in [-0.25, -0.2) is 4.68 Å². The van der Waals surface area contributed by atoms with Gasteiger partial charge >= 0.3 is 5.97 Å². The number of carboxylic acids is 1. The molecule has 3 rings (SSSR count). The highest BCUT2D eigenvalue weighted by Crippen LogP contribution is 2.43. The predicted molar refractivity (Wildman–Crippen MR) is 68.8 cm³/mol. The van der Waals surface area contributed by atoms with Crippen LogP contribution in [-0.4, -0.2) is 31.3 Å². The van der Waals surface area contributed by atoms with E-state index in [-0.39, 0.29) is 0 Å². The number of furan rings is 1. The zero-order chi connectivity index (χ0) is 14.2. The zero-order valence-electron chi connectivity index (χ0n) is 11.2. The molecule has 0 atom stereocenters. The Morgan fingerprint density at radius 2 is 2.35 bits per heavy atom. The second-order valence-corrected chi connectivity index (χ2v) is 5.21. The Kier molecular flexibility index (Phi) is 3.04. The Labute approximate surface area is 115 Å². The van der Waals surface area contributed by atoms with Gasteiger partial charge < -0.3 is 9.52 Å². The standard InChI is InChI=1S/C13H16N4O3/c1-2-10-9(4-7-20-10)11-14-15-16-17(11)8-13(12(18)19)5-3-6-13/h4,7H,2-3,5-6,8H2,1H3,(H,18,19). The minimum absolute atomic E-state index is 0.305. The van der Waals surface area contributed by atoms with E-state index in [1.807, 2.05) is 13.0 Å². The summed E-state index contributed by atoms with van der Waals surface area (Å²) in [4.78, 5) is 11.5. The number of nitrogens with zero attached hydrogens (tertiary/aromatic N) is 4. The lowest BCUT2D eigenvalue weighted by Crippen LogP contribution is -2.42. The van der Waals surface area contributed by atoms with Crippen LogP contribution in [0.5, 0.6) is 0 Å². The van der Waals surface area contributed by atoms with E-state index in [1.54, 1.807) is 10.9 Å². The molecular formula is C13H16N4O3. The summed E-state index contributed by atoms with van der Waals surface area (Å²) in [6, 6.07) is 1.81. The maximum atomic E-state index is 11.5. The van der Waals surface area contributed by atoms with Crippen LogP contribution in [-0.2, 0) is 17.8 Å². The fourth-order valence-electron chi connectivity index (χ4n) is 2.65. The molecule has 2 heterocycles. The van der Waals surface area contributed by atoms with Crippen LogP contribution in [0.1, 0.15) is 31.9 Å². The van der Waals surface area contributed by atoms with Crippen molar-refractivity contribution >= 4 is 5.97 Å². The molecule has 0 aromatic carbocycles. The third-order valence-electron chi connectivity index (χ3n) is 4.06. The van der Waals surface area contributed by atoms with Crippen molar-refractivity contribution in [2.45, 2.75) is 39.2 Å². The van der Waals surface area contributed by atoms with Crippen LogP contribution in [0, 0.1) is 5.41 Å². The normalized spacial score (nSPS) is 16.9. The van der Waals surface area contributed by atoms with Gasteiger partial charge in [0.25, 0.3) is 0 Å². The van der Waals surface area contributed by atoms with E-state index in [1.165, 1.54) is 0 Å². The predicted octanol–water partition coefficient (Wildman–Crippen LogP) is 1.75. The Morgan fingerprint density at radius 3 is 2.95 bits per heavy atom. The van der Waals surface area contributed by atoms with E-state index in [2.05, 4.69) is 15.5 Å². The first kappa shape index (κ1) is 12.8. The molecule has 0 aliphatic heterocycles. The van der Waals surface area contributed by atoms with Gasteiger partial charge in [0.1, 0.15) is 5.76 Å². The molecule has 7 nitrogen and oxygen atoms in total. The van der Waals surface area contributed by atoms with Crippen molar-refractivity contribution in [1.29, 1.82) is 0 Å². The fraction of sp³-hybridized carbons (Fsp3) is 0.538. The minimum Gasteiger partial charge on any atom is -0.481 e. The van der Waals surface area contributed by atoms with Gasteiger partial charge in [0, 0.05) is 6.42 Å². The number of aliphatic carboxylic acids is 1. The molecule has 106 valence electrons. The topological polar surface area (TPSA) is 94.0 Å². The Bertz CT molecular complexity index is 627. The van der Waals surface area contributed by atoms with Crippen LogP contribution in [0.25, 0.3) is 11.4 Å². The zero-order valence-corrected chi connectivity index (χ0v) is 11.2. The van der Waals surface area contributed by atoms with Crippen LogP contribution < -0.4 is 0 Å². The van der Waals surface area contributed by atoms with Crippen LogP contribution in [0.3, 0.4) is 0 Å². The molecular weight excluding hydrogens is 260 g/mol. The second kappa shape index (κ2) is 4.73. The van der Waals surface area contributed by atoms with Crippen molar-refractivity contribution in [1.82, 2.24) is 20.2 Å². The number of aryl methyl sites for hydroxylation is 1. The first-order valence-electron chi connectivity index (χ1n) is 6.72. The monoisotopic (exact) mass is 276 g/mol. The van der Waals surface area contributed by atoms with Crippen LogP contribution in [0.4, 0.5) is 0 Å². The van der Waals surface area contributed by atoms with E-state index in [4.69, 9.17) is 4.42 Å². The first-order valence-corrected chi connectivity index (χ1v) is 6.72. The van der Waals surface area contributed by atoms with Crippen molar-refractivity contribution in [2.24, 2.45) is 5.41 Å². The lowest BCUT2D eigenvalue weighted by molar-refractivity contribution is -0.156. The van der Waals surface area contributed by atoms with E-state index < -0.39 is 11.4 Å². The van der Waals surface area contributed by atoms with Gasteiger partial charge in [-0.15, -0.1) is 5.10 Å². The van der Waals surface area contributed by atoms with Crippen molar-refractivity contribution in [3.63, 3.8) is 0 Å². The summed E-state index contributed by atoms with van der Waals surface area (Å²) in [5.41, 5.74) is 0.109. The van der Waals surface area contributed by atoms with Crippen LogP contribution in [0.15, 0.2) is 16.7 Å². The summed E-state index contributed by atoms with van der Waals surface area (Å²) in [6.45, 7) is 2.29. The van der Waals surface area contributed by atoms with Crippen molar-refractivity contribution in [3.05, 3.63) is 18.1 Å². The number of hydrogen-bond donors (Lipinski definition) is 1. The van der Waals surface area contributed by atoms with Crippen molar-refractivity contribution in [3.8, 4) is 11.4 Å². The van der Waals surface area contributed by atoms with E-state index >= 15 is 0 Å². The molecule has 0 spiro atoms. The smallest absolute Gasteiger partial charge is 0.311 e. The molecule has 1 fully saturated rings. The Morgan fingerprint density at radius 1 is 1.55 bits per heavy atom. The average Bonchev–Trinajstić information content (AvgIpc) is 3.00. The number of carbonyl (C=O) groups is 1. The summed E-state index contributed by atoms with van der Waals surface area (Å²) in [7, 11) is 0. The Balaban J connectivity index is 1.93. The highest BCUT2D eigenvalue weighted by atomic mass is 16.4. The number of tetrazole rings is 1. The molecule has 0 amide bonds. The third kappa shape index (κ3) is 1.90. The average molecular weight is 276 g/mol. The number of hydrogen-bond acceptors (Lipinski definition) is 5. The van der Waals surface area contributed by atoms with Crippen LogP contribution >= 0.6 is 0 Å². The summed E-state index contributed by atoms with van der Waals surface area (Å²) in [6.07, 6.45) is 4.62. The summed E-state index contributed by atoms with van der Waals surface area (Å²) in [5, 5.41) is 21.1. The van der Waals surface area contributed by atoms with Gasteiger partial charge in [0.05, 0.1) is 23.8 Å². The van der Waals surface area contributed by atoms with Gasteiger partial charge in [-0.1, -0.05) is 13.3 Å². The summed E-state index contributed by atoms with van der Waals surface area (Å²) < 4.78 is 6.97. The van der Waals surface area contributed by atoms with Gasteiger partial charge in [0.2, 0.25) is 0 Å². The SMILES string of the molecule is CCc1occc1-c1nnnn1CC1(C(=O)O)CCC1. The molecule has 1 aliphatic carbocycles. The Hall–Kier alpha value is -2.18. The fourth-order valence-corrected chi connectivity index (χ4v) is 2.65. The highest BCUT2D eigenvalue weighted by molar-refractivity contribution is 5.75. The molecule has 0 radical (unpaired) electrons. The molecule has 2 aromatic rings. The first-order chi connectivity index (χ1) is 9.66.